The third-order valence-corrected chi connectivity index (χ3v) is 7.59. The highest BCUT2D eigenvalue weighted by atomic mass is 19.1. The van der Waals surface area contributed by atoms with Crippen molar-refractivity contribution in [3.63, 3.8) is 0 Å². The van der Waals surface area contributed by atoms with Gasteiger partial charge in [0.1, 0.15) is 11.9 Å². The molecule has 0 radical (unpaired) electrons. The number of aromatic nitrogens is 1. The van der Waals surface area contributed by atoms with Crippen molar-refractivity contribution in [2.45, 2.75) is 44.7 Å². The smallest absolute Gasteiger partial charge is 0.326 e. The minimum atomic E-state index is -1.19. The number of benzene rings is 3. The number of carboxylic acids is 1. The number of nitrogens with one attached hydrogen (secondary N) is 1. The van der Waals surface area contributed by atoms with Crippen molar-refractivity contribution >= 4 is 22.6 Å². The summed E-state index contributed by atoms with van der Waals surface area (Å²) >= 11 is 0. The van der Waals surface area contributed by atoms with Gasteiger partial charge in [0.25, 0.3) is 5.91 Å². The average Bonchev–Trinajstić information content (AvgIpc) is 3.32. The topological polar surface area (TPSA) is 82.5 Å². The van der Waals surface area contributed by atoms with E-state index in [1.165, 1.54) is 23.1 Å². The van der Waals surface area contributed by atoms with Crippen LogP contribution in [0, 0.1) is 12.7 Å². The molecule has 0 bridgehead atoms. The van der Waals surface area contributed by atoms with E-state index in [9.17, 15) is 19.1 Å². The maximum Gasteiger partial charge on any atom is 0.326 e. The number of hydrogen-bond acceptors (Lipinski definition) is 4. The molecule has 4 aromatic rings. The first-order chi connectivity index (χ1) is 18.7. The van der Waals surface area contributed by atoms with Gasteiger partial charge in [-0.15, -0.1) is 0 Å². The van der Waals surface area contributed by atoms with Crippen molar-refractivity contribution in [2.75, 3.05) is 14.1 Å². The molecule has 0 fully saturated rings. The Morgan fingerprint density at radius 1 is 1.05 bits per heavy atom. The quantitative estimate of drug-likeness (QED) is 0.329. The highest BCUT2D eigenvalue weighted by Gasteiger charge is 2.31. The second kappa shape index (κ2) is 10.9. The standard InChI is InChI=1S/C32H32FN3O3/c1-19-7-4-12-27(33)29(19)31(37)35-28(32(38)39)17-20-8-5-10-24-22(20)13-14-26(24)30-25-11-6-9-21(18-36(2)3)23(25)15-16-34-30/h4-12,15-16,26,28H,13-14,17-18H2,1-3H3,(H,35,37)(H,38,39)/t26-,28?/m1/s1. The number of nitrogens with zero attached hydrogens (tertiary/aromatic N) is 2. The van der Waals surface area contributed by atoms with Crippen molar-refractivity contribution in [3.05, 3.63) is 112 Å². The van der Waals surface area contributed by atoms with Crippen LogP contribution >= 0.6 is 0 Å². The molecule has 0 spiro atoms. The van der Waals surface area contributed by atoms with Gasteiger partial charge in [-0.25, -0.2) is 9.18 Å². The lowest BCUT2D eigenvalue weighted by Crippen LogP contribution is -2.43. The summed E-state index contributed by atoms with van der Waals surface area (Å²) in [7, 11) is 4.11. The number of fused-ring (bicyclic) bond motifs is 2. The van der Waals surface area contributed by atoms with Gasteiger partial charge < -0.3 is 15.3 Å². The van der Waals surface area contributed by atoms with E-state index in [4.69, 9.17) is 4.98 Å². The first-order valence-corrected chi connectivity index (χ1v) is 13.1. The van der Waals surface area contributed by atoms with E-state index in [2.05, 4.69) is 54.6 Å². The summed E-state index contributed by atoms with van der Waals surface area (Å²) in [6.07, 6.45) is 3.65. The Morgan fingerprint density at radius 2 is 1.79 bits per heavy atom. The lowest BCUT2D eigenvalue weighted by Gasteiger charge is -2.19. The number of pyridine rings is 1. The predicted octanol–water partition coefficient (Wildman–Crippen LogP) is 5.25. The maximum atomic E-state index is 14.3. The Balaban J connectivity index is 1.45. The molecule has 1 heterocycles. The number of aliphatic carboxylic acids is 1. The van der Waals surface area contributed by atoms with Crippen LogP contribution < -0.4 is 5.32 Å². The fraction of sp³-hybridized carbons (Fsp3) is 0.281. The van der Waals surface area contributed by atoms with Crippen molar-refractivity contribution < 1.29 is 19.1 Å². The number of carbonyl (C=O) groups is 2. The number of hydrogen-bond donors (Lipinski definition) is 2. The molecule has 7 heteroatoms. The van der Waals surface area contributed by atoms with Crippen LogP contribution in [0.5, 0.6) is 0 Å². The van der Waals surface area contributed by atoms with Crippen molar-refractivity contribution in [1.29, 1.82) is 0 Å². The first-order valence-electron chi connectivity index (χ1n) is 13.1. The fourth-order valence-electron chi connectivity index (χ4n) is 5.83. The Labute approximate surface area is 227 Å². The minimum absolute atomic E-state index is 0.0946. The van der Waals surface area contributed by atoms with E-state index in [1.807, 2.05) is 18.3 Å². The molecule has 2 N–H and O–H groups in total. The number of carboxylic acid groups (broad SMARTS) is 1. The summed E-state index contributed by atoms with van der Waals surface area (Å²) in [5.74, 6) is -2.46. The van der Waals surface area contributed by atoms with Gasteiger partial charge >= 0.3 is 5.97 Å². The molecule has 1 amide bonds. The fourth-order valence-corrected chi connectivity index (χ4v) is 5.83. The summed E-state index contributed by atoms with van der Waals surface area (Å²) in [6, 6.07) is 17.5. The van der Waals surface area contributed by atoms with Crippen LogP contribution in [0.4, 0.5) is 4.39 Å². The molecular weight excluding hydrogens is 493 g/mol. The highest BCUT2D eigenvalue weighted by molar-refractivity contribution is 5.98. The van der Waals surface area contributed by atoms with Crippen LogP contribution in [0.2, 0.25) is 0 Å². The van der Waals surface area contributed by atoms with Gasteiger partial charge in [-0.1, -0.05) is 48.5 Å². The molecule has 3 aromatic carbocycles. The molecular formula is C32H32FN3O3. The SMILES string of the molecule is Cc1cccc(F)c1C(=O)NC(Cc1cccc2c1CC[C@H]2c1nccc2c(CN(C)C)cccc12)C(=O)O. The Kier molecular flexibility index (Phi) is 7.44. The van der Waals surface area contributed by atoms with Crippen molar-refractivity contribution in [3.8, 4) is 0 Å². The predicted molar refractivity (Wildman–Crippen MR) is 149 cm³/mol. The monoisotopic (exact) mass is 525 g/mol. The molecule has 0 saturated heterocycles. The number of amides is 1. The molecule has 39 heavy (non-hydrogen) atoms. The Hall–Kier alpha value is -4.10. The third kappa shape index (κ3) is 5.27. The molecule has 5 rings (SSSR count). The van der Waals surface area contributed by atoms with Crippen LogP contribution in [0.15, 0.2) is 66.9 Å². The summed E-state index contributed by atoms with van der Waals surface area (Å²) in [5.41, 5.74) is 5.73. The Bertz CT molecular complexity index is 1550. The number of halogens is 1. The number of aryl methyl sites for hydroxylation is 1. The van der Waals surface area contributed by atoms with E-state index in [0.717, 1.165) is 47.2 Å². The third-order valence-electron chi connectivity index (χ3n) is 7.59. The maximum absolute atomic E-state index is 14.3. The van der Waals surface area contributed by atoms with Crippen LogP contribution in [-0.4, -0.2) is 47.0 Å². The van der Waals surface area contributed by atoms with Crippen LogP contribution in [-0.2, 0) is 24.2 Å². The van der Waals surface area contributed by atoms with Crippen LogP contribution in [0.1, 0.15) is 56.2 Å². The normalized spacial score (nSPS) is 15.4. The van der Waals surface area contributed by atoms with Gasteiger partial charge in [0.05, 0.1) is 11.3 Å². The molecule has 0 saturated carbocycles. The van der Waals surface area contributed by atoms with E-state index >= 15 is 0 Å². The molecule has 200 valence electrons. The van der Waals surface area contributed by atoms with E-state index in [0.29, 0.717) is 5.56 Å². The van der Waals surface area contributed by atoms with Gasteiger partial charge in [-0.2, -0.15) is 0 Å². The molecule has 1 aliphatic rings. The zero-order valence-electron chi connectivity index (χ0n) is 22.4. The van der Waals surface area contributed by atoms with Gasteiger partial charge in [0, 0.05) is 30.5 Å². The van der Waals surface area contributed by atoms with Crippen LogP contribution in [0.3, 0.4) is 0 Å². The number of rotatable bonds is 8. The van der Waals surface area contributed by atoms with Gasteiger partial charge in [0.15, 0.2) is 0 Å². The summed E-state index contributed by atoms with van der Waals surface area (Å²) in [6.45, 7) is 2.46. The molecule has 1 unspecified atom stereocenters. The largest absolute Gasteiger partial charge is 0.480 e. The second-order valence-electron chi connectivity index (χ2n) is 10.5. The van der Waals surface area contributed by atoms with Gasteiger partial charge in [-0.05, 0) is 79.2 Å². The zero-order chi connectivity index (χ0) is 27.7. The van der Waals surface area contributed by atoms with E-state index in [1.54, 1.807) is 13.0 Å². The lowest BCUT2D eigenvalue weighted by molar-refractivity contribution is -0.139. The first kappa shape index (κ1) is 26.5. The van der Waals surface area contributed by atoms with E-state index in [-0.39, 0.29) is 17.9 Å². The highest BCUT2D eigenvalue weighted by Crippen LogP contribution is 2.41. The van der Waals surface area contributed by atoms with E-state index < -0.39 is 23.7 Å². The molecule has 2 atom stereocenters. The molecule has 1 aliphatic carbocycles. The number of carbonyl (C=O) groups excluding carboxylic acids is 1. The van der Waals surface area contributed by atoms with Crippen LogP contribution in [0.25, 0.3) is 10.8 Å². The summed E-state index contributed by atoms with van der Waals surface area (Å²) < 4.78 is 14.3. The van der Waals surface area contributed by atoms with Crippen molar-refractivity contribution in [2.24, 2.45) is 0 Å². The van der Waals surface area contributed by atoms with Crippen molar-refractivity contribution in [1.82, 2.24) is 15.2 Å². The molecule has 6 nitrogen and oxygen atoms in total. The average molecular weight is 526 g/mol. The second-order valence-corrected chi connectivity index (χ2v) is 10.5. The molecule has 0 aliphatic heterocycles. The summed E-state index contributed by atoms with van der Waals surface area (Å²) in [4.78, 5) is 32.0. The Morgan fingerprint density at radius 3 is 2.54 bits per heavy atom. The minimum Gasteiger partial charge on any atom is -0.480 e. The zero-order valence-corrected chi connectivity index (χ0v) is 22.4. The van der Waals surface area contributed by atoms with Gasteiger partial charge in [0.2, 0.25) is 0 Å². The molecule has 1 aromatic heterocycles. The van der Waals surface area contributed by atoms with Gasteiger partial charge in [-0.3, -0.25) is 9.78 Å². The lowest BCUT2D eigenvalue weighted by atomic mass is 9.90. The summed E-state index contributed by atoms with van der Waals surface area (Å²) in [5, 5.41) is 14.8.